The molecule has 0 saturated carbocycles. The molecule has 0 aliphatic carbocycles. The van der Waals surface area contributed by atoms with E-state index in [0.29, 0.717) is 5.56 Å². The van der Waals surface area contributed by atoms with Crippen LogP contribution in [0.15, 0.2) is 53.4 Å². The largest absolute Gasteiger partial charge is 0.244 e. The lowest BCUT2D eigenvalue weighted by molar-refractivity contribution is 0.272. The minimum Gasteiger partial charge on any atom is -0.212 e. The van der Waals surface area contributed by atoms with E-state index in [4.69, 9.17) is 11.6 Å². The van der Waals surface area contributed by atoms with Crippen LogP contribution < -0.4 is 0 Å². The molecule has 0 N–H and O–H groups in total. The summed E-state index contributed by atoms with van der Waals surface area (Å²) in [5, 5.41) is 9.41. The van der Waals surface area contributed by atoms with Crippen LogP contribution in [0, 0.1) is 11.3 Å². The summed E-state index contributed by atoms with van der Waals surface area (Å²) in [6, 6.07) is 14.7. The fourth-order valence-electron chi connectivity index (χ4n) is 3.01. The molecule has 0 spiro atoms. The first-order valence-electron chi connectivity index (χ1n) is 8.45. The topological polar surface area (TPSA) is 98.5 Å². The van der Waals surface area contributed by atoms with Crippen molar-refractivity contribution in [3.8, 4) is 6.07 Å². The summed E-state index contributed by atoms with van der Waals surface area (Å²) in [7, 11) is -7.50. The maximum Gasteiger partial charge on any atom is 0.244 e. The van der Waals surface area contributed by atoms with Crippen molar-refractivity contribution in [1.82, 2.24) is 8.61 Å². The normalized spacial score (nSPS) is 16.6. The molecule has 0 amide bonds. The van der Waals surface area contributed by atoms with Crippen LogP contribution in [0.3, 0.4) is 0 Å². The summed E-state index contributed by atoms with van der Waals surface area (Å²) < 4.78 is 53.6. The van der Waals surface area contributed by atoms with Crippen molar-refractivity contribution >= 4 is 31.6 Å². The summed E-state index contributed by atoms with van der Waals surface area (Å²) in [5.41, 5.74) is 0.679. The van der Waals surface area contributed by atoms with Crippen LogP contribution >= 0.6 is 11.6 Å². The molecule has 3 rings (SSSR count). The highest BCUT2D eigenvalue weighted by Crippen LogP contribution is 2.25. The van der Waals surface area contributed by atoms with Crippen LogP contribution in [-0.2, 0) is 25.8 Å². The van der Waals surface area contributed by atoms with Crippen LogP contribution in [0.4, 0.5) is 0 Å². The number of rotatable bonds is 5. The Morgan fingerprint density at radius 1 is 0.929 bits per heavy atom. The summed E-state index contributed by atoms with van der Waals surface area (Å²) in [6.07, 6.45) is 0. The zero-order valence-electron chi connectivity index (χ0n) is 14.8. The first-order chi connectivity index (χ1) is 13.2. The third kappa shape index (κ3) is 4.37. The van der Waals surface area contributed by atoms with Crippen LogP contribution in [0.25, 0.3) is 0 Å². The molecule has 2 aromatic rings. The molecule has 1 heterocycles. The first-order valence-corrected chi connectivity index (χ1v) is 11.9. The Hall–Kier alpha value is -1.96. The van der Waals surface area contributed by atoms with Gasteiger partial charge in [-0.3, -0.25) is 0 Å². The first kappa shape index (κ1) is 20.8. The van der Waals surface area contributed by atoms with Gasteiger partial charge in [-0.05, 0) is 23.8 Å². The van der Waals surface area contributed by atoms with Gasteiger partial charge in [-0.2, -0.15) is 13.9 Å². The van der Waals surface area contributed by atoms with Crippen LogP contribution in [0.5, 0.6) is 0 Å². The van der Waals surface area contributed by atoms with E-state index in [1.54, 1.807) is 24.3 Å². The Morgan fingerprint density at radius 3 is 2.14 bits per heavy atom. The molecule has 1 aliphatic heterocycles. The van der Waals surface area contributed by atoms with Gasteiger partial charge in [0.25, 0.3) is 0 Å². The minimum atomic E-state index is -3.95. The molecule has 1 aliphatic rings. The lowest BCUT2D eigenvalue weighted by atomic mass is 10.2. The lowest BCUT2D eigenvalue weighted by Crippen LogP contribution is -2.50. The molecule has 7 nitrogen and oxygen atoms in total. The smallest absolute Gasteiger partial charge is 0.212 e. The van der Waals surface area contributed by atoms with Gasteiger partial charge in [-0.25, -0.2) is 16.8 Å². The third-order valence-corrected chi connectivity index (χ3v) is 8.49. The van der Waals surface area contributed by atoms with Crippen molar-refractivity contribution in [2.45, 2.75) is 10.6 Å². The maximum absolute atomic E-state index is 12.9. The van der Waals surface area contributed by atoms with Crippen molar-refractivity contribution in [1.29, 1.82) is 5.26 Å². The Kier molecular flexibility index (Phi) is 6.07. The number of piperazine rings is 1. The molecule has 0 radical (unpaired) electrons. The SMILES string of the molecule is N#Cc1ccc(Cl)cc1S(=O)(=O)N1CCN(S(=O)(=O)Cc2ccccc2)CC1. The van der Waals surface area contributed by atoms with Gasteiger partial charge in [0.1, 0.15) is 11.0 Å². The average molecular weight is 440 g/mol. The molecule has 1 saturated heterocycles. The van der Waals surface area contributed by atoms with E-state index in [-0.39, 0.29) is 47.4 Å². The molecular formula is C18H18ClN3O4S2. The Balaban J connectivity index is 1.75. The van der Waals surface area contributed by atoms with Crippen LogP contribution in [-0.4, -0.2) is 51.6 Å². The molecule has 0 bridgehead atoms. The number of hydrogen-bond donors (Lipinski definition) is 0. The Morgan fingerprint density at radius 2 is 1.54 bits per heavy atom. The highest BCUT2D eigenvalue weighted by atomic mass is 35.5. The predicted molar refractivity (Wildman–Crippen MR) is 106 cm³/mol. The standard InChI is InChI=1S/C18H18ClN3O4S2/c19-17-7-6-16(13-20)18(12-17)28(25,26)22-10-8-21(9-11-22)27(23,24)14-15-4-2-1-3-5-15/h1-7,12H,8-11,14H2. The van der Waals surface area contributed by atoms with Gasteiger partial charge < -0.3 is 0 Å². The Labute approximate surface area is 169 Å². The van der Waals surface area contributed by atoms with E-state index in [0.717, 1.165) is 0 Å². The molecule has 0 aromatic heterocycles. The zero-order valence-corrected chi connectivity index (χ0v) is 17.2. The zero-order chi connectivity index (χ0) is 20.4. The number of sulfonamides is 2. The van der Waals surface area contributed by atoms with Gasteiger partial charge in [0, 0.05) is 31.2 Å². The molecule has 2 aromatic carbocycles. The van der Waals surface area contributed by atoms with Crippen molar-refractivity contribution in [3.05, 3.63) is 64.7 Å². The summed E-state index contributed by atoms with van der Waals surface area (Å²) in [4.78, 5) is -0.164. The van der Waals surface area contributed by atoms with E-state index in [1.807, 2.05) is 12.1 Å². The number of nitrogens with zero attached hydrogens (tertiary/aromatic N) is 3. The van der Waals surface area contributed by atoms with Gasteiger partial charge in [0.05, 0.1) is 11.3 Å². The molecule has 0 unspecified atom stereocenters. The second kappa shape index (κ2) is 8.19. The second-order valence-electron chi connectivity index (χ2n) is 6.30. The quantitative estimate of drug-likeness (QED) is 0.709. The van der Waals surface area contributed by atoms with E-state index in [1.165, 1.54) is 26.8 Å². The molecule has 1 fully saturated rings. The molecule has 148 valence electrons. The van der Waals surface area contributed by atoms with E-state index in [9.17, 15) is 22.1 Å². The van der Waals surface area contributed by atoms with Gasteiger partial charge in [-0.1, -0.05) is 41.9 Å². The van der Waals surface area contributed by atoms with E-state index in [2.05, 4.69) is 0 Å². The van der Waals surface area contributed by atoms with E-state index < -0.39 is 20.0 Å². The summed E-state index contributed by atoms with van der Waals surface area (Å²) in [6.45, 7) is 0.120. The number of benzene rings is 2. The molecular weight excluding hydrogens is 422 g/mol. The molecule has 28 heavy (non-hydrogen) atoms. The van der Waals surface area contributed by atoms with Crippen molar-refractivity contribution < 1.29 is 16.8 Å². The van der Waals surface area contributed by atoms with Crippen molar-refractivity contribution in [2.24, 2.45) is 0 Å². The monoisotopic (exact) mass is 439 g/mol. The molecule has 0 atom stereocenters. The van der Waals surface area contributed by atoms with Gasteiger partial charge in [0.2, 0.25) is 20.0 Å². The second-order valence-corrected chi connectivity index (χ2v) is 10.6. The fourth-order valence-corrected chi connectivity index (χ4v) is 6.35. The average Bonchev–Trinajstić information content (AvgIpc) is 2.68. The number of halogens is 1. The number of nitriles is 1. The minimum absolute atomic E-state index is 0.00327. The highest BCUT2D eigenvalue weighted by molar-refractivity contribution is 7.89. The van der Waals surface area contributed by atoms with Crippen LogP contribution in [0.2, 0.25) is 5.02 Å². The van der Waals surface area contributed by atoms with Crippen LogP contribution in [0.1, 0.15) is 11.1 Å². The van der Waals surface area contributed by atoms with Gasteiger partial charge in [0.15, 0.2) is 0 Å². The van der Waals surface area contributed by atoms with Crippen molar-refractivity contribution in [3.63, 3.8) is 0 Å². The maximum atomic E-state index is 12.9. The summed E-state index contributed by atoms with van der Waals surface area (Å²) in [5.74, 6) is -0.131. The van der Waals surface area contributed by atoms with Gasteiger partial charge in [-0.15, -0.1) is 0 Å². The highest BCUT2D eigenvalue weighted by Gasteiger charge is 2.34. The predicted octanol–water partition coefficient (Wildman–Crippen LogP) is 2.05. The van der Waals surface area contributed by atoms with E-state index >= 15 is 0 Å². The van der Waals surface area contributed by atoms with Crippen molar-refractivity contribution in [2.75, 3.05) is 26.2 Å². The lowest BCUT2D eigenvalue weighted by Gasteiger charge is -2.33. The Bertz CT molecular complexity index is 1110. The van der Waals surface area contributed by atoms with Gasteiger partial charge >= 0.3 is 0 Å². The molecule has 10 heteroatoms. The fraction of sp³-hybridized carbons (Fsp3) is 0.278. The number of hydrogen-bond acceptors (Lipinski definition) is 5. The summed E-state index contributed by atoms with van der Waals surface area (Å²) >= 11 is 5.90. The third-order valence-electron chi connectivity index (χ3n) is 4.46.